The highest BCUT2D eigenvalue weighted by Gasteiger charge is 2.27. The summed E-state index contributed by atoms with van der Waals surface area (Å²) in [6.45, 7) is 11.0. The van der Waals surface area contributed by atoms with E-state index in [1.54, 1.807) is 0 Å². The van der Waals surface area contributed by atoms with Crippen LogP contribution in [0.5, 0.6) is 0 Å². The van der Waals surface area contributed by atoms with Crippen LogP contribution in [0.2, 0.25) is 0 Å². The molecule has 2 fully saturated rings. The van der Waals surface area contributed by atoms with E-state index in [0.29, 0.717) is 0 Å². The molecule has 2 saturated heterocycles. The second-order valence-electron chi connectivity index (χ2n) is 5.27. The Morgan fingerprint density at radius 2 is 2.07 bits per heavy atom. The fourth-order valence-electron chi connectivity index (χ4n) is 3.01. The predicted molar refractivity (Wildman–Crippen MR) is 65.0 cm³/mol. The van der Waals surface area contributed by atoms with Crippen LogP contribution in [0.4, 0.5) is 0 Å². The molecule has 2 aliphatic heterocycles. The average molecular weight is 208 g/mol. The summed E-state index contributed by atoms with van der Waals surface area (Å²) in [6.07, 6.45) is 5.55. The molecule has 0 saturated carbocycles. The third kappa shape index (κ3) is 3.05. The number of hydrogen-bond acceptors (Lipinski definition) is 2. The van der Waals surface area contributed by atoms with Gasteiger partial charge in [-0.25, -0.2) is 0 Å². The zero-order valence-electron chi connectivity index (χ0n) is 9.97. The van der Waals surface area contributed by atoms with E-state index in [1.807, 2.05) is 0 Å². The summed E-state index contributed by atoms with van der Waals surface area (Å²) in [5.41, 5.74) is 1.30. The van der Waals surface area contributed by atoms with E-state index in [9.17, 15) is 0 Å². The van der Waals surface area contributed by atoms with Crippen molar-refractivity contribution in [3.63, 3.8) is 0 Å². The molecule has 1 unspecified atom stereocenters. The van der Waals surface area contributed by atoms with Gasteiger partial charge in [0.15, 0.2) is 0 Å². The van der Waals surface area contributed by atoms with Crippen molar-refractivity contribution in [2.75, 3.05) is 26.2 Å². The van der Waals surface area contributed by atoms with Gasteiger partial charge in [0.2, 0.25) is 0 Å². The molecule has 0 spiro atoms. The molecule has 0 aromatic carbocycles. The zero-order valence-corrected chi connectivity index (χ0v) is 9.97. The lowest BCUT2D eigenvalue weighted by Crippen LogP contribution is -2.41. The van der Waals surface area contributed by atoms with Crippen LogP contribution in [0, 0.1) is 5.92 Å². The van der Waals surface area contributed by atoms with Crippen molar-refractivity contribution in [2.45, 2.75) is 38.6 Å². The third-order valence-corrected chi connectivity index (χ3v) is 3.79. The van der Waals surface area contributed by atoms with Gasteiger partial charge in [0.05, 0.1) is 0 Å². The predicted octanol–water partition coefficient (Wildman–Crippen LogP) is 2.03. The minimum Gasteiger partial charge on any atom is -0.314 e. The SMILES string of the molecule is C=C(C)CN1CCC(C2CCCN2)CC1. The Kier molecular flexibility index (Phi) is 3.81. The highest BCUT2D eigenvalue weighted by atomic mass is 15.1. The molecule has 1 N–H and O–H groups in total. The maximum Gasteiger partial charge on any atom is 0.0187 e. The van der Waals surface area contributed by atoms with Gasteiger partial charge >= 0.3 is 0 Å². The monoisotopic (exact) mass is 208 g/mol. The van der Waals surface area contributed by atoms with Crippen LogP contribution in [0.3, 0.4) is 0 Å². The molecule has 2 heterocycles. The van der Waals surface area contributed by atoms with Gasteiger partial charge in [0, 0.05) is 12.6 Å². The van der Waals surface area contributed by atoms with Gasteiger partial charge in [-0.3, -0.25) is 4.90 Å². The van der Waals surface area contributed by atoms with E-state index in [-0.39, 0.29) is 0 Å². The van der Waals surface area contributed by atoms with Gasteiger partial charge in [-0.1, -0.05) is 12.2 Å². The topological polar surface area (TPSA) is 15.3 Å². The smallest absolute Gasteiger partial charge is 0.0187 e. The first-order chi connectivity index (χ1) is 7.25. The quantitative estimate of drug-likeness (QED) is 0.714. The first-order valence-electron chi connectivity index (χ1n) is 6.36. The number of nitrogens with one attached hydrogen (secondary N) is 1. The molecular formula is C13H24N2. The Balaban J connectivity index is 1.73. The standard InChI is InChI=1S/C13H24N2/c1-11(2)10-15-8-5-12(6-9-15)13-4-3-7-14-13/h12-14H,1,3-10H2,2H3. The highest BCUT2D eigenvalue weighted by Crippen LogP contribution is 2.25. The molecule has 0 aliphatic carbocycles. The molecule has 0 amide bonds. The largest absolute Gasteiger partial charge is 0.314 e. The summed E-state index contributed by atoms with van der Waals surface area (Å²) in [6, 6.07) is 0.831. The van der Waals surface area contributed by atoms with Crippen LogP contribution in [-0.2, 0) is 0 Å². The Morgan fingerprint density at radius 1 is 1.33 bits per heavy atom. The van der Waals surface area contributed by atoms with Gasteiger partial charge < -0.3 is 5.32 Å². The molecule has 2 aliphatic rings. The molecule has 0 aromatic rings. The Labute approximate surface area is 93.7 Å². The van der Waals surface area contributed by atoms with Crippen molar-refractivity contribution in [1.29, 1.82) is 0 Å². The van der Waals surface area contributed by atoms with Crippen molar-refractivity contribution in [2.24, 2.45) is 5.92 Å². The summed E-state index contributed by atoms with van der Waals surface area (Å²) in [4.78, 5) is 2.55. The Morgan fingerprint density at radius 3 is 2.60 bits per heavy atom. The fourth-order valence-corrected chi connectivity index (χ4v) is 3.01. The molecule has 86 valence electrons. The van der Waals surface area contributed by atoms with Crippen LogP contribution in [0.25, 0.3) is 0 Å². The molecule has 0 radical (unpaired) electrons. The number of nitrogens with zero attached hydrogens (tertiary/aromatic N) is 1. The molecule has 15 heavy (non-hydrogen) atoms. The van der Waals surface area contributed by atoms with Crippen molar-refractivity contribution >= 4 is 0 Å². The summed E-state index contributed by atoms with van der Waals surface area (Å²) in [7, 11) is 0. The number of rotatable bonds is 3. The van der Waals surface area contributed by atoms with Crippen molar-refractivity contribution in [1.82, 2.24) is 10.2 Å². The second kappa shape index (κ2) is 5.13. The zero-order chi connectivity index (χ0) is 10.7. The van der Waals surface area contributed by atoms with Crippen LogP contribution >= 0.6 is 0 Å². The summed E-state index contributed by atoms with van der Waals surface area (Å²) < 4.78 is 0. The van der Waals surface area contributed by atoms with Gasteiger partial charge in [0.1, 0.15) is 0 Å². The van der Waals surface area contributed by atoms with E-state index in [1.165, 1.54) is 50.9 Å². The van der Waals surface area contributed by atoms with Crippen molar-refractivity contribution < 1.29 is 0 Å². The van der Waals surface area contributed by atoms with Crippen molar-refractivity contribution in [3.05, 3.63) is 12.2 Å². The number of piperidine rings is 1. The van der Waals surface area contributed by atoms with Crippen LogP contribution < -0.4 is 5.32 Å². The average Bonchev–Trinajstić information content (AvgIpc) is 2.71. The highest BCUT2D eigenvalue weighted by molar-refractivity contribution is 4.94. The molecule has 2 nitrogen and oxygen atoms in total. The first kappa shape index (κ1) is 11.2. The molecule has 0 aromatic heterocycles. The lowest BCUT2D eigenvalue weighted by atomic mass is 9.88. The van der Waals surface area contributed by atoms with E-state index in [2.05, 4.69) is 23.7 Å². The van der Waals surface area contributed by atoms with Crippen LogP contribution in [0.1, 0.15) is 32.6 Å². The second-order valence-corrected chi connectivity index (χ2v) is 5.27. The summed E-state index contributed by atoms with van der Waals surface area (Å²) >= 11 is 0. The van der Waals surface area contributed by atoms with E-state index >= 15 is 0 Å². The molecular weight excluding hydrogens is 184 g/mol. The molecule has 2 rings (SSSR count). The fraction of sp³-hybridized carbons (Fsp3) is 0.846. The molecule has 2 heteroatoms. The minimum absolute atomic E-state index is 0.831. The molecule has 1 atom stereocenters. The summed E-state index contributed by atoms with van der Waals surface area (Å²) in [5.74, 6) is 0.939. The van der Waals surface area contributed by atoms with E-state index in [0.717, 1.165) is 18.5 Å². The van der Waals surface area contributed by atoms with Gasteiger partial charge in [-0.05, 0) is 58.2 Å². The maximum absolute atomic E-state index is 3.99. The normalized spacial score (nSPS) is 29.5. The minimum atomic E-state index is 0.831. The molecule has 0 bridgehead atoms. The first-order valence-corrected chi connectivity index (χ1v) is 6.36. The third-order valence-electron chi connectivity index (χ3n) is 3.79. The lowest BCUT2D eigenvalue weighted by Gasteiger charge is -2.34. The van der Waals surface area contributed by atoms with E-state index in [4.69, 9.17) is 0 Å². The lowest BCUT2D eigenvalue weighted by molar-refractivity contribution is 0.174. The van der Waals surface area contributed by atoms with Crippen LogP contribution in [0.15, 0.2) is 12.2 Å². The van der Waals surface area contributed by atoms with Gasteiger partial charge in [-0.2, -0.15) is 0 Å². The van der Waals surface area contributed by atoms with Crippen LogP contribution in [-0.4, -0.2) is 37.1 Å². The van der Waals surface area contributed by atoms with Gasteiger partial charge in [-0.15, -0.1) is 0 Å². The number of hydrogen-bond donors (Lipinski definition) is 1. The van der Waals surface area contributed by atoms with Gasteiger partial charge in [0.25, 0.3) is 0 Å². The Bertz CT molecular complexity index is 211. The Hall–Kier alpha value is -0.340. The van der Waals surface area contributed by atoms with E-state index < -0.39 is 0 Å². The number of likely N-dealkylation sites (tertiary alicyclic amines) is 1. The maximum atomic E-state index is 3.99. The van der Waals surface area contributed by atoms with Crippen molar-refractivity contribution in [3.8, 4) is 0 Å². The summed E-state index contributed by atoms with van der Waals surface area (Å²) in [5, 5.41) is 3.65.